The van der Waals surface area contributed by atoms with Crippen LogP contribution in [0.3, 0.4) is 0 Å². The third kappa shape index (κ3) is 3.69. The third-order valence-electron chi connectivity index (χ3n) is 5.27. The Bertz CT molecular complexity index is 1210. The van der Waals surface area contributed by atoms with Gasteiger partial charge in [0.2, 0.25) is 10.0 Å². The lowest BCUT2D eigenvalue weighted by molar-refractivity contribution is 0.0602. The highest BCUT2D eigenvalue weighted by atomic mass is 35.5. The summed E-state index contributed by atoms with van der Waals surface area (Å²) in [6.45, 7) is 3.72. The van der Waals surface area contributed by atoms with Gasteiger partial charge >= 0.3 is 5.97 Å². The number of benzene rings is 2. The molecule has 30 heavy (non-hydrogen) atoms. The molecule has 6 nitrogen and oxygen atoms in total. The van der Waals surface area contributed by atoms with E-state index in [9.17, 15) is 13.2 Å². The maximum Gasteiger partial charge on any atom is 0.349 e. The molecule has 1 aliphatic rings. The minimum atomic E-state index is -3.86. The summed E-state index contributed by atoms with van der Waals surface area (Å²) in [7, 11) is -2.61. The van der Waals surface area contributed by atoms with Crippen molar-refractivity contribution in [3.8, 4) is 0 Å². The van der Waals surface area contributed by atoms with E-state index < -0.39 is 16.0 Å². The van der Waals surface area contributed by atoms with Crippen molar-refractivity contribution in [2.75, 3.05) is 38.2 Å². The second-order valence-corrected chi connectivity index (χ2v) is 10.4. The zero-order chi connectivity index (χ0) is 21.5. The first-order chi connectivity index (χ1) is 14.3. The summed E-state index contributed by atoms with van der Waals surface area (Å²) in [6, 6.07) is 12.8. The maximum atomic E-state index is 13.6. The molecule has 0 spiro atoms. The van der Waals surface area contributed by atoms with Crippen LogP contribution in [-0.4, -0.2) is 52.0 Å². The van der Waals surface area contributed by atoms with Gasteiger partial charge in [0, 0.05) is 47.0 Å². The fraction of sp³-hybridized carbons (Fsp3) is 0.286. The number of carbonyl (C=O) groups is 1. The Hall–Kier alpha value is -2.13. The predicted molar refractivity (Wildman–Crippen MR) is 120 cm³/mol. The van der Waals surface area contributed by atoms with E-state index in [1.807, 2.05) is 37.3 Å². The van der Waals surface area contributed by atoms with E-state index in [0.717, 1.165) is 27.3 Å². The summed E-state index contributed by atoms with van der Waals surface area (Å²) < 4.78 is 34.2. The second-order valence-electron chi connectivity index (χ2n) is 7.07. The molecule has 0 atom stereocenters. The van der Waals surface area contributed by atoms with Crippen molar-refractivity contribution in [3.63, 3.8) is 0 Å². The largest absolute Gasteiger partial charge is 0.465 e. The molecule has 1 fully saturated rings. The summed E-state index contributed by atoms with van der Waals surface area (Å²) in [5.74, 6) is -0.636. The Morgan fingerprint density at radius 1 is 1.10 bits per heavy atom. The highest BCUT2D eigenvalue weighted by Crippen LogP contribution is 2.37. The van der Waals surface area contributed by atoms with Crippen molar-refractivity contribution in [3.05, 3.63) is 57.9 Å². The van der Waals surface area contributed by atoms with Gasteiger partial charge in [-0.15, -0.1) is 11.3 Å². The van der Waals surface area contributed by atoms with Gasteiger partial charge in [-0.3, -0.25) is 0 Å². The molecule has 2 aromatic carbocycles. The van der Waals surface area contributed by atoms with E-state index >= 15 is 0 Å². The number of hydrogen-bond acceptors (Lipinski definition) is 6. The molecule has 2 heterocycles. The normalized spacial score (nSPS) is 15.5. The molecule has 1 saturated heterocycles. The van der Waals surface area contributed by atoms with Gasteiger partial charge in [-0.2, -0.15) is 4.31 Å². The van der Waals surface area contributed by atoms with Crippen LogP contribution in [0.4, 0.5) is 5.69 Å². The minimum Gasteiger partial charge on any atom is -0.465 e. The van der Waals surface area contributed by atoms with Crippen LogP contribution in [0.1, 0.15) is 15.2 Å². The molecule has 9 heteroatoms. The number of rotatable bonds is 4. The monoisotopic (exact) mass is 464 g/mol. The molecular formula is C21H21ClN2O4S2. The van der Waals surface area contributed by atoms with Crippen LogP contribution in [0.2, 0.25) is 5.02 Å². The van der Waals surface area contributed by atoms with Crippen LogP contribution in [-0.2, 0) is 14.8 Å². The molecule has 4 rings (SSSR count). The molecule has 1 aromatic heterocycles. The number of anilines is 1. The average Bonchev–Trinajstić information content (AvgIpc) is 3.15. The summed E-state index contributed by atoms with van der Waals surface area (Å²) in [5, 5.41) is 1.20. The number of sulfonamides is 1. The first-order valence-electron chi connectivity index (χ1n) is 9.44. The van der Waals surface area contributed by atoms with E-state index in [-0.39, 0.29) is 9.77 Å². The average molecular weight is 465 g/mol. The quantitative estimate of drug-likeness (QED) is 0.542. The SMILES string of the molecule is COC(=O)c1sc2ccccc2c1S(=O)(=O)N1CCN(c2cc(Cl)ccc2C)CC1. The molecular weight excluding hydrogens is 444 g/mol. The molecule has 1 aliphatic heterocycles. The van der Waals surface area contributed by atoms with Crippen LogP contribution in [0, 0.1) is 6.92 Å². The number of piperazine rings is 1. The van der Waals surface area contributed by atoms with Gasteiger partial charge in [0.15, 0.2) is 0 Å². The molecule has 0 amide bonds. The van der Waals surface area contributed by atoms with Crippen molar-refractivity contribution in [1.29, 1.82) is 0 Å². The number of aryl methyl sites for hydroxylation is 1. The highest BCUT2D eigenvalue weighted by molar-refractivity contribution is 7.89. The van der Waals surface area contributed by atoms with E-state index in [4.69, 9.17) is 16.3 Å². The number of methoxy groups -OCH3 is 1. The molecule has 0 unspecified atom stereocenters. The van der Waals surface area contributed by atoms with E-state index in [1.54, 1.807) is 12.1 Å². The van der Waals surface area contributed by atoms with Crippen molar-refractivity contribution >= 4 is 54.7 Å². The fourth-order valence-corrected chi connectivity index (χ4v) is 7.09. The van der Waals surface area contributed by atoms with E-state index in [1.165, 1.54) is 11.4 Å². The van der Waals surface area contributed by atoms with Gasteiger partial charge in [0.25, 0.3) is 0 Å². The van der Waals surface area contributed by atoms with Gasteiger partial charge in [0.05, 0.1) is 7.11 Å². The van der Waals surface area contributed by atoms with Crippen molar-refractivity contribution in [2.24, 2.45) is 0 Å². The fourth-order valence-electron chi connectivity index (χ4n) is 3.73. The molecule has 0 aliphatic carbocycles. The number of nitrogens with zero attached hydrogens (tertiary/aromatic N) is 2. The lowest BCUT2D eigenvalue weighted by atomic mass is 10.1. The molecule has 3 aromatic rings. The number of carbonyl (C=O) groups excluding carboxylic acids is 1. The highest BCUT2D eigenvalue weighted by Gasteiger charge is 2.35. The van der Waals surface area contributed by atoms with Gasteiger partial charge in [-0.1, -0.05) is 35.9 Å². The predicted octanol–water partition coefficient (Wildman–Crippen LogP) is 4.16. The first-order valence-corrected chi connectivity index (χ1v) is 12.1. The van der Waals surface area contributed by atoms with Crippen molar-refractivity contribution in [2.45, 2.75) is 11.8 Å². The lowest BCUT2D eigenvalue weighted by Crippen LogP contribution is -2.49. The van der Waals surface area contributed by atoms with Gasteiger partial charge in [-0.05, 0) is 30.7 Å². The first kappa shape index (κ1) is 21.1. The minimum absolute atomic E-state index is 0.0438. The number of ether oxygens (including phenoxy) is 1. The van der Waals surface area contributed by atoms with E-state index in [0.29, 0.717) is 36.6 Å². The molecule has 0 radical (unpaired) electrons. The molecule has 158 valence electrons. The molecule has 0 saturated carbocycles. The lowest BCUT2D eigenvalue weighted by Gasteiger charge is -2.36. The number of halogens is 1. The van der Waals surface area contributed by atoms with Crippen LogP contribution < -0.4 is 4.90 Å². The maximum absolute atomic E-state index is 13.6. The van der Waals surface area contributed by atoms with Gasteiger partial charge in [0.1, 0.15) is 9.77 Å². The standard InChI is InChI=1S/C21H21ClN2O4S2/c1-14-7-8-15(22)13-17(14)23-9-11-24(12-10-23)30(26,27)20-16-5-3-4-6-18(16)29-19(20)21(25)28-2/h3-8,13H,9-12H2,1-2H3. The van der Waals surface area contributed by atoms with Crippen LogP contribution >= 0.6 is 22.9 Å². The Balaban J connectivity index is 1.66. The van der Waals surface area contributed by atoms with Crippen LogP contribution in [0.25, 0.3) is 10.1 Å². The molecule has 0 N–H and O–H groups in total. The number of hydrogen-bond donors (Lipinski definition) is 0. The Labute approximate surface area is 184 Å². The van der Waals surface area contributed by atoms with E-state index in [2.05, 4.69) is 4.90 Å². The van der Waals surface area contributed by atoms with Gasteiger partial charge < -0.3 is 9.64 Å². The third-order valence-corrected chi connectivity index (χ3v) is 8.77. The van der Waals surface area contributed by atoms with Crippen LogP contribution in [0.5, 0.6) is 0 Å². The Morgan fingerprint density at radius 3 is 2.50 bits per heavy atom. The second kappa shape index (κ2) is 8.19. The topological polar surface area (TPSA) is 66.9 Å². The zero-order valence-electron chi connectivity index (χ0n) is 16.6. The number of esters is 1. The molecule has 0 bridgehead atoms. The van der Waals surface area contributed by atoms with Crippen molar-refractivity contribution in [1.82, 2.24) is 4.31 Å². The van der Waals surface area contributed by atoms with Crippen molar-refractivity contribution < 1.29 is 17.9 Å². The summed E-state index contributed by atoms with van der Waals surface area (Å²) in [6.07, 6.45) is 0. The zero-order valence-corrected chi connectivity index (χ0v) is 19.0. The summed E-state index contributed by atoms with van der Waals surface area (Å²) in [5.41, 5.74) is 2.10. The summed E-state index contributed by atoms with van der Waals surface area (Å²) in [4.78, 5) is 14.6. The number of thiophene rings is 1. The number of fused-ring (bicyclic) bond motifs is 1. The van der Waals surface area contributed by atoms with Gasteiger partial charge in [-0.25, -0.2) is 13.2 Å². The smallest absolute Gasteiger partial charge is 0.349 e. The Morgan fingerprint density at radius 2 is 1.80 bits per heavy atom. The van der Waals surface area contributed by atoms with Crippen LogP contribution in [0.15, 0.2) is 47.4 Å². The Kier molecular flexibility index (Phi) is 5.76. The summed E-state index contributed by atoms with van der Waals surface area (Å²) >= 11 is 7.29.